The second kappa shape index (κ2) is 8.25. The van der Waals surface area contributed by atoms with Gasteiger partial charge in [-0.05, 0) is 25.3 Å². The van der Waals surface area contributed by atoms with Crippen LogP contribution in [0.3, 0.4) is 0 Å². The van der Waals surface area contributed by atoms with Crippen LogP contribution in [0.15, 0.2) is 71.7 Å². The van der Waals surface area contributed by atoms with Crippen LogP contribution >= 0.6 is 0 Å². The Kier molecular flexibility index (Phi) is 5.59. The molecular weight excluding hydrogens is 326 g/mol. The Morgan fingerprint density at radius 2 is 1.73 bits per heavy atom. The Labute approximate surface area is 152 Å². The van der Waals surface area contributed by atoms with E-state index in [-0.39, 0.29) is 11.6 Å². The maximum absolute atomic E-state index is 12.4. The van der Waals surface area contributed by atoms with Gasteiger partial charge in [-0.1, -0.05) is 60.7 Å². The largest absolute Gasteiger partial charge is 0.349 e. The molecule has 0 unspecified atom stereocenters. The fraction of sp³-hybridized carbons (Fsp3) is 0.190. The molecule has 1 heterocycles. The van der Waals surface area contributed by atoms with Gasteiger partial charge >= 0.3 is 0 Å². The van der Waals surface area contributed by atoms with Gasteiger partial charge in [-0.2, -0.15) is 0 Å². The molecule has 0 spiro atoms. The lowest BCUT2D eigenvalue weighted by Gasteiger charge is -2.13. The number of aromatic nitrogens is 2. The number of rotatable bonds is 6. The molecule has 2 N–H and O–H groups in total. The lowest BCUT2D eigenvalue weighted by Crippen LogP contribution is -2.36. The van der Waals surface area contributed by atoms with Gasteiger partial charge in [0.05, 0.1) is 0 Å². The number of amides is 1. The van der Waals surface area contributed by atoms with Gasteiger partial charge in [0.15, 0.2) is 0 Å². The van der Waals surface area contributed by atoms with E-state index in [4.69, 9.17) is 0 Å². The highest BCUT2D eigenvalue weighted by Gasteiger charge is 2.15. The van der Waals surface area contributed by atoms with E-state index in [1.54, 1.807) is 0 Å². The van der Waals surface area contributed by atoms with Crippen molar-refractivity contribution in [3.63, 3.8) is 0 Å². The van der Waals surface area contributed by atoms with Gasteiger partial charge < -0.3 is 10.3 Å². The Morgan fingerprint density at radius 1 is 1.08 bits per heavy atom. The normalized spacial score (nSPS) is 11.7. The standard InChI is InChI=1S/C21H21N3O2/c1-15(12-13-16-8-4-2-5-9-16)23-20(25)18-14-22-19(24-21(18)26)17-10-6-3-7-11-17/h2-11,14-15H,12-13H2,1H3,(H,23,25)(H,22,24,26)/t15-/m1/s1. The van der Waals surface area contributed by atoms with Crippen LogP contribution in [0.25, 0.3) is 11.4 Å². The first kappa shape index (κ1) is 17.6. The second-order valence-electron chi connectivity index (χ2n) is 6.24. The summed E-state index contributed by atoms with van der Waals surface area (Å²) in [5.41, 5.74) is 1.61. The van der Waals surface area contributed by atoms with Crippen molar-refractivity contribution in [2.75, 3.05) is 0 Å². The number of carbonyl (C=O) groups excluding carboxylic acids is 1. The van der Waals surface area contributed by atoms with Crippen LogP contribution in [0.1, 0.15) is 29.3 Å². The van der Waals surface area contributed by atoms with Gasteiger partial charge in [0, 0.05) is 17.8 Å². The average Bonchev–Trinajstić information content (AvgIpc) is 2.67. The van der Waals surface area contributed by atoms with Crippen LogP contribution < -0.4 is 10.9 Å². The third-order valence-corrected chi connectivity index (χ3v) is 4.18. The molecule has 1 aromatic heterocycles. The number of hydrogen-bond acceptors (Lipinski definition) is 3. The van der Waals surface area contributed by atoms with E-state index in [0.29, 0.717) is 5.82 Å². The predicted octanol–water partition coefficient (Wildman–Crippen LogP) is 3.19. The molecule has 132 valence electrons. The molecule has 0 bridgehead atoms. The van der Waals surface area contributed by atoms with Crippen LogP contribution in [0, 0.1) is 0 Å². The molecule has 0 fully saturated rings. The maximum Gasteiger partial charge on any atom is 0.264 e. The average molecular weight is 347 g/mol. The quantitative estimate of drug-likeness (QED) is 0.719. The summed E-state index contributed by atoms with van der Waals surface area (Å²) in [7, 11) is 0. The molecule has 26 heavy (non-hydrogen) atoms. The van der Waals surface area contributed by atoms with Crippen molar-refractivity contribution in [1.29, 1.82) is 0 Å². The molecule has 1 atom stereocenters. The van der Waals surface area contributed by atoms with Crippen molar-refractivity contribution in [2.45, 2.75) is 25.8 Å². The zero-order valence-corrected chi connectivity index (χ0v) is 14.6. The number of nitrogens with zero attached hydrogens (tertiary/aromatic N) is 1. The lowest BCUT2D eigenvalue weighted by molar-refractivity contribution is 0.0936. The van der Waals surface area contributed by atoms with Gasteiger partial charge in [-0.3, -0.25) is 9.59 Å². The van der Waals surface area contributed by atoms with Crippen LogP contribution in [0.2, 0.25) is 0 Å². The Hall–Kier alpha value is -3.21. The number of hydrogen-bond donors (Lipinski definition) is 2. The molecule has 5 heteroatoms. The Balaban J connectivity index is 1.63. The highest BCUT2D eigenvalue weighted by atomic mass is 16.2. The van der Waals surface area contributed by atoms with Crippen LogP contribution in [0.5, 0.6) is 0 Å². The molecule has 0 aliphatic carbocycles. The topological polar surface area (TPSA) is 74.8 Å². The highest BCUT2D eigenvalue weighted by molar-refractivity contribution is 5.93. The van der Waals surface area contributed by atoms with Gasteiger partial charge in [-0.25, -0.2) is 4.98 Å². The molecule has 3 rings (SSSR count). The summed E-state index contributed by atoms with van der Waals surface area (Å²) in [5.74, 6) is 0.0446. The Bertz CT molecular complexity index is 921. The number of aromatic amines is 1. The van der Waals surface area contributed by atoms with E-state index >= 15 is 0 Å². The fourth-order valence-corrected chi connectivity index (χ4v) is 2.70. The summed E-state index contributed by atoms with van der Waals surface area (Å²) in [6, 6.07) is 19.4. The molecule has 5 nitrogen and oxygen atoms in total. The SMILES string of the molecule is C[C@H](CCc1ccccc1)NC(=O)c1cnc(-c2ccccc2)[nH]c1=O. The van der Waals surface area contributed by atoms with Crippen molar-refractivity contribution in [2.24, 2.45) is 0 Å². The minimum atomic E-state index is -0.438. The predicted molar refractivity (Wildman–Crippen MR) is 102 cm³/mol. The van der Waals surface area contributed by atoms with Gasteiger partial charge in [0.1, 0.15) is 11.4 Å². The minimum absolute atomic E-state index is 0.0243. The smallest absolute Gasteiger partial charge is 0.264 e. The molecule has 0 aliphatic rings. The first-order valence-electron chi connectivity index (χ1n) is 8.63. The zero-order valence-electron chi connectivity index (χ0n) is 14.6. The molecular formula is C21H21N3O2. The molecule has 2 aromatic carbocycles. The molecule has 3 aromatic rings. The first-order chi connectivity index (χ1) is 12.6. The van der Waals surface area contributed by atoms with E-state index in [0.717, 1.165) is 18.4 Å². The number of benzene rings is 2. The molecule has 0 saturated heterocycles. The van der Waals surface area contributed by atoms with Crippen molar-refractivity contribution < 1.29 is 4.79 Å². The van der Waals surface area contributed by atoms with Gasteiger partial charge in [-0.15, -0.1) is 0 Å². The van der Waals surface area contributed by atoms with E-state index in [1.807, 2.05) is 55.5 Å². The fourth-order valence-electron chi connectivity index (χ4n) is 2.70. The zero-order chi connectivity index (χ0) is 18.4. The van der Waals surface area contributed by atoms with Crippen molar-refractivity contribution in [1.82, 2.24) is 15.3 Å². The van der Waals surface area contributed by atoms with E-state index in [9.17, 15) is 9.59 Å². The van der Waals surface area contributed by atoms with Crippen LogP contribution in [-0.4, -0.2) is 21.9 Å². The van der Waals surface area contributed by atoms with E-state index in [2.05, 4.69) is 27.4 Å². The maximum atomic E-state index is 12.4. The van der Waals surface area contributed by atoms with Crippen LogP contribution in [0.4, 0.5) is 0 Å². The summed E-state index contributed by atoms with van der Waals surface area (Å²) in [4.78, 5) is 31.5. The first-order valence-corrected chi connectivity index (χ1v) is 8.63. The number of H-pyrrole nitrogens is 1. The van der Waals surface area contributed by atoms with Crippen LogP contribution in [-0.2, 0) is 6.42 Å². The molecule has 0 radical (unpaired) electrons. The second-order valence-corrected chi connectivity index (χ2v) is 6.24. The van der Waals surface area contributed by atoms with Crippen molar-refractivity contribution >= 4 is 5.91 Å². The van der Waals surface area contributed by atoms with Gasteiger partial charge in [0.2, 0.25) is 0 Å². The monoisotopic (exact) mass is 347 g/mol. The highest BCUT2D eigenvalue weighted by Crippen LogP contribution is 2.11. The summed E-state index contributed by atoms with van der Waals surface area (Å²) in [5, 5.41) is 2.87. The molecule has 0 aliphatic heterocycles. The number of aryl methyl sites for hydroxylation is 1. The van der Waals surface area contributed by atoms with Crippen molar-refractivity contribution in [3.05, 3.63) is 88.3 Å². The lowest BCUT2D eigenvalue weighted by atomic mass is 10.1. The Morgan fingerprint density at radius 3 is 2.38 bits per heavy atom. The molecule has 0 saturated carbocycles. The molecule has 1 amide bonds. The summed E-state index contributed by atoms with van der Waals surface area (Å²) in [6.45, 7) is 1.93. The number of nitrogens with one attached hydrogen (secondary N) is 2. The summed E-state index contributed by atoms with van der Waals surface area (Å²) >= 11 is 0. The van der Waals surface area contributed by atoms with Gasteiger partial charge in [0.25, 0.3) is 11.5 Å². The number of carbonyl (C=O) groups is 1. The van der Waals surface area contributed by atoms with E-state index in [1.165, 1.54) is 11.8 Å². The third-order valence-electron chi connectivity index (χ3n) is 4.18. The third kappa shape index (κ3) is 4.45. The minimum Gasteiger partial charge on any atom is -0.349 e. The van der Waals surface area contributed by atoms with E-state index < -0.39 is 11.5 Å². The van der Waals surface area contributed by atoms with Crippen molar-refractivity contribution in [3.8, 4) is 11.4 Å². The summed E-state index contributed by atoms with van der Waals surface area (Å²) in [6.07, 6.45) is 2.99. The summed E-state index contributed by atoms with van der Waals surface area (Å²) < 4.78 is 0.